The van der Waals surface area contributed by atoms with Crippen LogP contribution >= 0.6 is 23.9 Å². The van der Waals surface area contributed by atoms with Gasteiger partial charge in [-0.25, -0.2) is 0 Å². The predicted molar refractivity (Wildman–Crippen MR) is 54.4 cm³/mol. The zero-order valence-electron chi connectivity index (χ0n) is 6.71. The summed E-state index contributed by atoms with van der Waals surface area (Å²) in [4.78, 5) is 4.29. The molecule has 0 spiro atoms. The predicted octanol–water partition coefficient (Wildman–Crippen LogP) is 3.09. The van der Waals surface area contributed by atoms with Crippen molar-refractivity contribution in [3.8, 4) is 0 Å². The third-order valence-corrected chi connectivity index (χ3v) is 2.69. The summed E-state index contributed by atoms with van der Waals surface area (Å²) in [6.45, 7) is 4.53. The molecule has 60 valence electrons. The van der Waals surface area contributed by atoms with Crippen LogP contribution in [-0.2, 0) is 6.16 Å². The van der Waals surface area contributed by atoms with E-state index >= 15 is 0 Å². The van der Waals surface area contributed by atoms with E-state index in [4.69, 9.17) is 0 Å². The normalized spacial score (nSPS) is 10.5. The second-order valence-electron chi connectivity index (χ2n) is 2.71. The highest BCUT2D eigenvalue weighted by Crippen LogP contribution is 2.29. The molecule has 1 aromatic rings. The van der Waals surface area contributed by atoms with E-state index in [0.29, 0.717) is 0 Å². The van der Waals surface area contributed by atoms with Crippen LogP contribution in [0.2, 0.25) is 0 Å². The molecule has 0 amide bonds. The van der Waals surface area contributed by atoms with Crippen LogP contribution in [0, 0.1) is 0 Å². The highest BCUT2D eigenvalue weighted by molar-refractivity contribution is 9.10. The average Bonchev–Trinajstić information content (AvgIpc) is 1.93. The lowest BCUT2D eigenvalue weighted by Crippen LogP contribution is -1.86. The standard InChI is InChI=1S/C8H11BrNP/c1-11(2)6-8-4-3-7(9)5-10-8/h3-5H,6H2,1-2H3. The first-order chi connectivity index (χ1) is 5.18. The number of hydrogen-bond donors (Lipinski definition) is 0. The molecule has 0 atom stereocenters. The fraction of sp³-hybridized carbons (Fsp3) is 0.375. The Kier molecular flexibility index (Phi) is 3.47. The molecule has 0 aromatic carbocycles. The van der Waals surface area contributed by atoms with Gasteiger partial charge in [0.2, 0.25) is 0 Å². The second-order valence-corrected chi connectivity index (χ2v) is 6.10. The first-order valence-corrected chi connectivity index (χ1v) is 6.65. The molecule has 0 unspecified atom stereocenters. The van der Waals surface area contributed by atoms with Crippen molar-refractivity contribution in [2.24, 2.45) is 0 Å². The maximum atomic E-state index is 4.29. The molecular weight excluding hydrogens is 221 g/mol. The van der Waals surface area contributed by atoms with E-state index in [9.17, 15) is 0 Å². The van der Waals surface area contributed by atoms with Crippen LogP contribution in [0.25, 0.3) is 0 Å². The summed E-state index contributed by atoms with van der Waals surface area (Å²) in [5.41, 5.74) is 1.20. The van der Waals surface area contributed by atoms with Gasteiger partial charge in [-0.15, -0.1) is 7.92 Å². The molecular formula is C8H11BrNP. The number of nitrogens with zero attached hydrogens (tertiary/aromatic N) is 1. The Labute approximate surface area is 77.1 Å². The lowest BCUT2D eigenvalue weighted by atomic mass is 10.4. The minimum Gasteiger partial charge on any atom is -0.260 e. The molecule has 0 bridgehead atoms. The van der Waals surface area contributed by atoms with Gasteiger partial charge in [-0.1, -0.05) is 0 Å². The molecule has 0 aliphatic rings. The Hall–Kier alpha value is 0.0600. The quantitative estimate of drug-likeness (QED) is 0.714. The van der Waals surface area contributed by atoms with E-state index in [1.165, 1.54) is 5.69 Å². The van der Waals surface area contributed by atoms with Crippen molar-refractivity contribution in [2.75, 3.05) is 13.3 Å². The van der Waals surface area contributed by atoms with Crippen molar-refractivity contribution in [2.45, 2.75) is 6.16 Å². The van der Waals surface area contributed by atoms with Crippen molar-refractivity contribution in [1.82, 2.24) is 4.98 Å². The summed E-state index contributed by atoms with van der Waals surface area (Å²) in [6, 6.07) is 4.12. The van der Waals surface area contributed by atoms with Crippen LogP contribution in [0.3, 0.4) is 0 Å². The summed E-state index contributed by atoms with van der Waals surface area (Å²) in [7, 11) is 0.136. The lowest BCUT2D eigenvalue weighted by Gasteiger charge is -2.03. The minimum absolute atomic E-state index is 0.136. The number of aromatic nitrogens is 1. The van der Waals surface area contributed by atoms with Gasteiger partial charge in [-0.3, -0.25) is 4.98 Å². The molecule has 3 heteroatoms. The first kappa shape index (κ1) is 9.15. The number of hydrogen-bond acceptors (Lipinski definition) is 1. The van der Waals surface area contributed by atoms with Gasteiger partial charge in [0, 0.05) is 22.5 Å². The third-order valence-electron chi connectivity index (χ3n) is 1.27. The third kappa shape index (κ3) is 3.31. The number of halogens is 1. The molecule has 0 saturated heterocycles. The van der Waals surface area contributed by atoms with Crippen LogP contribution in [0.1, 0.15) is 5.69 Å². The number of pyridine rings is 1. The molecule has 1 aromatic heterocycles. The molecule has 0 radical (unpaired) electrons. The van der Waals surface area contributed by atoms with Gasteiger partial charge in [0.05, 0.1) is 0 Å². The molecule has 1 rings (SSSR count). The Morgan fingerprint density at radius 1 is 1.45 bits per heavy atom. The van der Waals surface area contributed by atoms with Gasteiger partial charge < -0.3 is 0 Å². The maximum absolute atomic E-state index is 4.29. The SMILES string of the molecule is CP(C)Cc1ccc(Br)cn1. The molecule has 0 fully saturated rings. The van der Waals surface area contributed by atoms with Crippen molar-refractivity contribution >= 4 is 23.9 Å². The topological polar surface area (TPSA) is 12.9 Å². The zero-order chi connectivity index (χ0) is 8.27. The van der Waals surface area contributed by atoms with Crippen molar-refractivity contribution in [3.05, 3.63) is 28.5 Å². The first-order valence-electron chi connectivity index (χ1n) is 3.43. The second kappa shape index (κ2) is 4.18. The summed E-state index contributed by atoms with van der Waals surface area (Å²) < 4.78 is 1.05. The Morgan fingerprint density at radius 3 is 2.64 bits per heavy atom. The van der Waals surface area contributed by atoms with Crippen LogP contribution in [0.5, 0.6) is 0 Å². The largest absolute Gasteiger partial charge is 0.260 e. The van der Waals surface area contributed by atoms with Crippen LogP contribution in [0.15, 0.2) is 22.8 Å². The summed E-state index contributed by atoms with van der Waals surface area (Å²) >= 11 is 3.35. The zero-order valence-corrected chi connectivity index (χ0v) is 9.19. The fourth-order valence-corrected chi connectivity index (χ4v) is 1.89. The highest BCUT2D eigenvalue weighted by atomic mass is 79.9. The number of rotatable bonds is 2. The van der Waals surface area contributed by atoms with E-state index in [-0.39, 0.29) is 7.92 Å². The van der Waals surface area contributed by atoms with Gasteiger partial charge in [0.25, 0.3) is 0 Å². The van der Waals surface area contributed by atoms with Gasteiger partial charge in [0.1, 0.15) is 0 Å². The highest BCUT2D eigenvalue weighted by Gasteiger charge is 1.96. The maximum Gasteiger partial charge on any atom is 0.0447 e. The van der Waals surface area contributed by atoms with Crippen molar-refractivity contribution < 1.29 is 0 Å². The fourth-order valence-electron chi connectivity index (χ4n) is 0.824. The average molecular weight is 232 g/mol. The van der Waals surface area contributed by atoms with E-state index in [2.05, 4.69) is 40.3 Å². The van der Waals surface area contributed by atoms with Crippen LogP contribution < -0.4 is 0 Å². The molecule has 1 heterocycles. The smallest absolute Gasteiger partial charge is 0.0447 e. The molecule has 0 saturated carbocycles. The van der Waals surface area contributed by atoms with Crippen LogP contribution in [-0.4, -0.2) is 18.3 Å². The lowest BCUT2D eigenvalue weighted by molar-refractivity contribution is 1.16. The Balaban J connectivity index is 2.66. The molecule has 0 N–H and O–H groups in total. The molecule has 1 nitrogen and oxygen atoms in total. The minimum atomic E-state index is 0.136. The van der Waals surface area contributed by atoms with Gasteiger partial charge in [-0.05, 0) is 41.4 Å². The van der Waals surface area contributed by atoms with Crippen molar-refractivity contribution in [1.29, 1.82) is 0 Å². The monoisotopic (exact) mass is 231 g/mol. The Bertz CT molecular complexity index is 220. The van der Waals surface area contributed by atoms with Gasteiger partial charge >= 0.3 is 0 Å². The van der Waals surface area contributed by atoms with Gasteiger partial charge in [0.15, 0.2) is 0 Å². The van der Waals surface area contributed by atoms with E-state index < -0.39 is 0 Å². The molecule has 0 aliphatic heterocycles. The van der Waals surface area contributed by atoms with E-state index in [1.807, 2.05) is 12.3 Å². The van der Waals surface area contributed by atoms with Gasteiger partial charge in [-0.2, -0.15) is 0 Å². The van der Waals surface area contributed by atoms with E-state index in [1.54, 1.807) is 0 Å². The summed E-state index contributed by atoms with van der Waals surface area (Å²) in [6.07, 6.45) is 2.98. The Morgan fingerprint density at radius 2 is 2.18 bits per heavy atom. The van der Waals surface area contributed by atoms with Crippen molar-refractivity contribution in [3.63, 3.8) is 0 Å². The van der Waals surface area contributed by atoms with Crippen LogP contribution in [0.4, 0.5) is 0 Å². The summed E-state index contributed by atoms with van der Waals surface area (Å²) in [5, 5.41) is 0. The molecule has 0 aliphatic carbocycles. The molecule has 11 heavy (non-hydrogen) atoms. The van der Waals surface area contributed by atoms with E-state index in [0.717, 1.165) is 10.6 Å². The summed E-state index contributed by atoms with van der Waals surface area (Å²) in [5.74, 6) is 0.